The molecule has 1 heterocycles. The molecule has 1 unspecified atom stereocenters. The quantitative estimate of drug-likeness (QED) is 0.842. The zero-order valence-electron chi connectivity index (χ0n) is 11.1. The number of carbonyl (C=O) groups is 1. The first-order chi connectivity index (χ1) is 9.15. The summed E-state index contributed by atoms with van der Waals surface area (Å²) < 4.78 is 13.7. The monoisotopic (exact) mass is 364 g/mol. The van der Waals surface area contributed by atoms with Crippen LogP contribution in [0.2, 0.25) is 0 Å². The van der Waals surface area contributed by atoms with E-state index in [1.54, 1.807) is 12.1 Å². The van der Waals surface area contributed by atoms with Crippen LogP contribution in [0.3, 0.4) is 0 Å². The van der Waals surface area contributed by atoms with Gasteiger partial charge in [-0.25, -0.2) is 4.39 Å². The molecule has 0 bridgehead atoms. The molecule has 0 aromatic heterocycles. The van der Waals surface area contributed by atoms with Crippen LogP contribution in [-0.2, 0) is 11.3 Å². The average molecular weight is 366 g/mol. The predicted octanol–water partition coefficient (Wildman–Crippen LogP) is 3.02. The minimum Gasteiger partial charge on any atom is -0.352 e. The summed E-state index contributed by atoms with van der Waals surface area (Å²) in [5.41, 5.74) is 0.775. The van der Waals surface area contributed by atoms with Gasteiger partial charge in [0.15, 0.2) is 0 Å². The third kappa shape index (κ3) is 5.38. The Hall–Kier alpha value is -0.650. The Balaban J connectivity index is 0.00000200. The molecule has 2 rings (SSSR count). The number of amides is 1. The second-order valence-electron chi connectivity index (χ2n) is 4.92. The van der Waals surface area contributed by atoms with E-state index in [9.17, 15) is 9.18 Å². The van der Waals surface area contributed by atoms with Gasteiger partial charge in [0, 0.05) is 13.0 Å². The molecule has 1 fully saturated rings. The molecule has 3 nitrogen and oxygen atoms in total. The summed E-state index contributed by atoms with van der Waals surface area (Å²) in [7, 11) is 0. The fourth-order valence-corrected chi connectivity index (χ4v) is 2.48. The Labute approximate surface area is 133 Å². The molecule has 0 radical (unpaired) electrons. The molecule has 0 saturated carbocycles. The topological polar surface area (TPSA) is 41.1 Å². The molecule has 2 N–H and O–H groups in total. The normalized spacial score (nSPS) is 17.6. The van der Waals surface area contributed by atoms with Gasteiger partial charge in [0.2, 0.25) is 5.91 Å². The van der Waals surface area contributed by atoms with Crippen LogP contribution < -0.4 is 10.6 Å². The maximum atomic E-state index is 13.3. The van der Waals surface area contributed by atoms with E-state index in [4.69, 9.17) is 0 Å². The van der Waals surface area contributed by atoms with Crippen molar-refractivity contribution in [1.82, 2.24) is 10.6 Å². The van der Waals surface area contributed by atoms with E-state index in [2.05, 4.69) is 26.6 Å². The van der Waals surface area contributed by atoms with Crippen molar-refractivity contribution in [1.29, 1.82) is 0 Å². The largest absolute Gasteiger partial charge is 0.352 e. The lowest BCUT2D eigenvalue weighted by molar-refractivity contribution is -0.121. The van der Waals surface area contributed by atoms with Gasteiger partial charge in [-0.15, -0.1) is 12.4 Å². The molecule has 1 aliphatic rings. The average Bonchev–Trinajstić information content (AvgIpc) is 2.91. The van der Waals surface area contributed by atoms with E-state index >= 15 is 0 Å². The highest BCUT2D eigenvalue weighted by atomic mass is 79.9. The van der Waals surface area contributed by atoms with Crippen LogP contribution in [-0.4, -0.2) is 19.0 Å². The summed E-state index contributed by atoms with van der Waals surface area (Å²) in [5, 5.41) is 6.12. The first-order valence-corrected chi connectivity index (χ1v) is 7.36. The zero-order valence-corrected chi connectivity index (χ0v) is 13.5. The molecule has 1 aliphatic heterocycles. The number of halogens is 3. The van der Waals surface area contributed by atoms with E-state index < -0.39 is 0 Å². The maximum absolute atomic E-state index is 13.3. The molecule has 20 heavy (non-hydrogen) atoms. The molecule has 1 saturated heterocycles. The Bertz CT molecular complexity index is 453. The van der Waals surface area contributed by atoms with Crippen LogP contribution in [0.5, 0.6) is 0 Å². The standard InChI is InChI=1S/C14H18BrFN2O.ClH/c15-12-3-1-11(7-13(12)16)9-18-14(19)4-2-10-5-6-17-8-10;/h1,3,7,10,17H,2,4-6,8-9H2,(H,18,19);1H. The van der Waals surface area contributed by atoms with Crippen molar-refractivity contribution in [2.24, 2.45) is 5.92 Å². The minimum atomic E-state index is -0.302. The highest BCUT2D eigenvalue weighted by molar-refractivity contribution is 9.10. The van der Waals surface area contributed by atoms with E-state index in [1.165, 1.54) is 6.07 Å². The zero-order chi connectivity index (χ0) is 13.7. The molecular weight excluding hydrogens is 347 g/mol. The Kier molecular flexibility index (Phi) is 7.48. The first-order valence-electron chi connectivity index (χ1n) is 6.56. The number of rotatable bonds is 5. The van der Waals surface area contributed by atoms with E-state index in [-0.39, 0.29) is 24.1 Å². The third-order valence-corrected chi connectivity index (χ3v) is 4.06. The summed E-state index contributed by atoms with van der Waals surface area (Å²) in [6.45, 7) is 2.46. The molecule has 0 aliphatic carbocycles. The molecule has 112 valence electrons. The Morgan fingerprint density at radius 1 is 1.50 bits per heavy atom. The lowest BCUT2D eigenvalue weighted by Crippen LogP contribution is -2.23. The summed E-state index contributed by atoms with van der Waals surface area (Å²) in [4.78, 5) is 11.7. The van der Waals surface area contributed by atoms with Gasteiger partial charge in [-0.3, -0.25) is 4.79 Å². The molecule has 1 aromatic rings. The Morgan fingerprint density at radius 3 is 2.95 bits per heavy atom. The number of hydrogen-bond acceptors (Lipinski definition) is 2. The van der Waals surface area contributed by atoms with Gasteiger partial charge in [-0.1, -0.05) is 6.07 Å². The van der Waals surface area contributed by atoms with Crippen LogP contribution in [0.25, 0.3) is 0 Å². The van der Waals surface area contributed by atoms with Crippen LogP contribution in [0.15, 0.2) is 22.7 Å². The molecule has 6 heteroatoms. The highest BCUT2D eigenvalue weighted by Crippen LogP contribution is 2.16. The van der Waals surface area contributed by atoms with Crippen molar-refractivity contribution >= 4 is 34.2 Å². The van der Waals surface area contributed by atoms with Crippen LogP contribution in [0.4, 0.5) is 4.39 Å². The smallest absolute Gasteiger partial charge is 0.220 e. The highest BCUT2D eigenvalue weighted by Gasteiger charge is 2.15. The van der Waals surface area contributed by atoms with Gasteiger partial charge in [0.1, 0.15) is 5.82 Å². The molecule has 1 aromatic carbocycles. The molecule has 1 amide bonds. The van der Waals surface area contributed by atoms with Gasteiger partial charge < -0.3 is 10.6 Å². The van der Waals surface area contributed by atoms with Crippen molar-refractivity contribution in [3.05, 3.63) is 34.1 Å². The van der Waals surface area contributed by atoms with Crippen LogP contribution in [0, 0.1) is 11.7 Å². The van der Waals surface area contributed by atoms with Crippen LogP contribution >= 0.6 is 28.3 Å². The Morgan fingerprint density at radius 2 is 2.30 bits per heavy atom. The SMILES string of the molecule is Cl.O=C(CCC1CCNC1)NCc1ccc(Br)c(F)c1. The molecule has 0 spiro atoms. The van der Waals surface area contributed by atoms with E-state index in [0.29, 0.717) is 23.4 Å². The third-order valence-electron chi connectivity index (χ3n) is 3.42. The van der Waals surface area contributed by atoms with Crippen molar-refractivity contribution in [3.63, 3.8) is 0 Å². The molecule has 1 atom stereocenters. The molecular formula is C14H19BrClFN2O. The maximum Gasteiger partial charge on any atom is 0.220 e. The van der Waals surface area contributed by atoms with Crippen LogP contribution in [0.1, 0.15) is 24.8 Å². The fraction of sp³-hybridized carbons (Fsp3) is 0.500. The van der Waals surface area contributed by atoms with Gasteiger partial charge >= 0.3 is 0 Å². The second kappa shape index (κ2) is 8.60. The van der Waals surface area contributed by atoms with E-state index in [0.717, 1.165) is 31.5 Å². The first kappa shape index (κ1) is 17.4. The summed E-state index contributed by atoms with van der Waals surface area (Å²) in [6.07, 6.45) is 2.63. The van der Waals surface area contributed by atoms with Crippen molar-refractivity contribution in [2.45, 2.75) is 25.8 Å². The number of carbonyl (C=O) groups excluding carboxylic acids is 1. The summed E-state index contributed by atoms with van der Waals surface area (Å²) in [6, 6.07) is 4.89. The lowest BCUT2D eigenvalue weighted by Gasteiger charge is -2.09. The second-order valence-corrected chi connectivity index (χ2v) is 5.78. The van der Waals surface area contributed by atoms with Gasteiger partial charge in [-0.05, 0) is 65.5 Å². The number of hydrogen-bond donors (Lipinski definition) is 2. The van der Waals surface area contributed by atoms with E-state index in [1.807, 2.05) is 0 Å². The van der Waals surface area contributed by atoms with Crippen molar-refractivity contribution in [2.75, 3.05) is 13.1 Å². The van der Waals surface area contributed by atoms with Gasteiger partial charge in [0.05, 0.1) is 4.47 Å². The predicted molar refractivity (Wildman–Crippen MR) is 83.4 cm³/mol. The van der Waals surface area contributed by atoms with Gasteiger partial charge in [-0.2, -0.15) is 0 Å². The minimum absolute atomic E-state index is 0. The summed E-state index contributed by atoms with van der Waals surface area (Å²) >= 11 is 3.10. The van der Waals surface area contributed by atoms with Gasteiger partial charge in [0.25, 0.3) is 0 Å². The van der Waals surface area contributed by atoms with Crippen molar-refractivity contribution < 1.29 is 9.18 Å². The number of benzene rings is 1. The van der Waals surface area contributed by atoms with Crippen molar-refractivity contribution in [3.8, 4) is 0 Å². The number of nitrogens with one attached hydrogen (secondary N) is 2. The fourth-order valence-electron chi connectivity index (χ4n) is 2.23. The summed E-state index contributed by atoms with van der Waals surface area (Å²) in [5.74, 6) is 0.356. The lowest BCUT2D eigenvalue weighted by atomic mass is 10.0.